The lowest BCUT2D eigenvalue weighted by Gasteiger charge is -2.25. The van der Waals surface area contributed by atoms with E-state index in [4.69, 9.17) is 37.4 Å². The zero-order chi connectivity index (χ0) is 18.7. The van der Waals surface area contributed by atoms with Crippen molar-refractivity contribution in [2.45, 2.75) is 26.5 Å². The monoisotopic (exact) mass is 395 g/mol. The molecule has 0 aliphatic carbocycles. The van der Waals surface area contributed by atoms with Gasteiger partial charge in [-0.3, -0.25) is 4.79 Å². The van der Waals surface area contributed by atoms with Gasteiger partial charge < -0.3 is 19.1 Å². The van der Waals surface area contributed by atoms with Crippen molar-refractivity contribution in [1.82, 2.24) is 4.90 Å². The molecule has 0 bridgehead atoms. The van der Waals surface area contributed by atoms with E-state index < -0.39 is 6.10 Å². The number of amides is 1. The van der Waals surface area contributed by atoms with Gasteiger partial charge in [-0.2, -0.15) is 0 Å². The molecule has 7 heteroatoms. The Bertz CT molecular complexity index is 812. The minimum absolute atomic E-state index is 0.129. The van der Waals surface area contributed by atoms with Gasteiger partial charge in [0.15, 0.2) is 17.6 Å². The normalized spacial score (nSPS) is 13.4. The number of ether oxygens (including phenoxy) is 3. The average molecular weight is 396 g/mol. The van der Waals surface area contributed by atoms with Gasteiger partial charge in [0.1, 0.15) is 5.75 Å². The summed E-state index contributed by atoms with van der Waals surface area (Å²) in [6.45, 7) is 4.85. The third kappa shape index (κ3) is 4.17. The first-order valence-electron chi connectivity index (χ1n) is 8.27. The van der Waals surface area contributed by atoms with Gasteiger partial charge in [-0.15, -0.1) is 0 Å². The molecule has 1 aliphatic heterocycles. The minimum Gasteiger partial charge on any atom is -0.479 e. The fourth-order valence-electron chi connectivity index (χ4n) is 2.67. The molecule has 2 aromatic rings. The van der Waals surface area contributed by atoms with Crippen molar-refractivity contribution in [2.24, 2.45) is 0 Å². The van der Waals surface area contributed by atoms with Crippen molar-refractivity contribution in [3.05, 3.63) is 52.0 Å². The third-order valence-corrected chi connectivity index (χ3v) is 4.58. The summed E-state index contributed by atoms with van der Waals surface area (Å²) in [5.74, 6) is 1.72. The van der Waals surface area contributed by atoms with E-state index in [0.29, 0.717) is 34.6 Å². The van der Waals surface area contributed by atoms with Crippen molar-refractivity contribution >= 4 is 29.1 Å². The van der Waals surface area contributed by atoms with E-state index in [2.05, 4.69) is 0 Å². The number of fused-ring (bicyclic) bond motifs is 1. The number of benzene rings is 2. The molecule has 0 radical (unpaired) electrons. The van der Waals surface area contributed by atoms with Gasteiger partial charge >= 0.3 is 0 Å². The van der Waals surface area contributed by atoms with Crippen LogP contribution in [0.15, 0.2) is 36.4 Å². The van der Waals surface area contributed by atoms with Gasteiger partial charge in [0.2, 0.25) is 6.79 Å². The van der Waals surface area contributed by atoms with Crippen LogP contribution >= 0.6 is 23.2 Å². The Hall–Kier alpha value is -2.11. The second-order valence-electron chi connectivity index (χ2n) is 5.87. The Labute approximate surface area is 162 Å². The highest BCUT2D eigenvalue weighted by molar-refractivity contribution is 6.35. The molecule has 0 N–H and O–H groups in total. The van der Waals surface area contributed by atoms with Crippen LogP contribution in [0.5, 0.6) is 17.2 Å². The number of carbonyl (C=O) groups is 1. The Balaban J connectivity index is 1.67. The summed E-state index contributed by atoms with van der Waals surface area (Å²) < 4.78 is 16.4. The maximum Gasteiger partial charge on any atom is 0.263 e. The van der Waals surface area contributed by atoms with Gasteiger partial charge in [0.25, 0.3) is 5.91 Å². The molecule has 3 rings (SSSR count). The molecule has 1 amide bonds. The molecular formula is C19H19Cl2NO4. The summed E-state index contributed by atoms with van der Waals surface area (Å²) in [6, 6.07) is 10.6. The van der Waals surface area contributed by atoms with Crippen LogP contribution in [0, 0.1) is 0 Å². The van der Waals surface area contributed by atoms with Crippen molar-refractivity contribution in [3.8, 4) is 17.2 Å². The van der Waals surface area contributed by atoms with Crippen LogP contribution in [0.1, 0.15) is 19.4 Å². The third-order valence-electron chi connectivity index (χ3n) is 4.05. The van der Waals surface area contributed by atoms with Crippen LogP contribution in [0.25, 0.3) is 0 Å². The van der Waals surface area contributed by atoms with Crippen LogP contribution in [0.4, 0.5) is 0 Å². The van der Waals surface area contributed by atoms with Crippen LogP contribution < -0.4 is 14.2 Å². The van der Waals surface area contributed by atoms with Gasteiger partial charge in [-0.1, -0.05) is 29.3 Å². The van der Waals surface area contributed by atoms with E-state index in [1.807, 2.05) is 25.1 Å². The highest BCUT2D eigenvalue weighted by Gasteiger charge is 2.23. The molecule has 1 atom stereocenters. The first-order valence-corrected chi connectivity index (χ1v) is 9.02. The van der Waals surface area contributed by atoms with Crippen LogP contribution in [-0.4, -0.2) is 30.2 Å². The van der Waals surface area contributed by atoms with E-state index in [-0.39, 0.29) is 12.7 Å². The van der Waals surface area contributed by atoms with E-state index in [1.54, 1.807) is 30.0 Å². The molecule has 26 heavy (non-hydrogen) atoms. The molecule has 1 heterocycles. The van der Waals surface area contributed by atoms with Gasteiger partial charge in [0, 0.05) is 18.1 Å². The molecule has 0 spiro atoms. The lowest BCUT2D eigenvalue weighted by molar-refractivity contribution is -0.138. The minimum atomic E-state index is -0.678. The fraction of sp³-hybridized carbons (Fsp3) is 0.316. The summed E-state index contributed by atoms with van der Waals surface area (Å²) in [7, 11) is 0. The van der Waals surface area contributed by atoms with Crippen LogP contribution in [-0.2, 0) is 11.3 Å². The van der Waals surface area contributed by atoms with E-state index in [1.165, 1.54) is 0 Å². The number of likely N-dealkylation sites (N-methyl/N-ethyl adjacent to an activating group) is 1. The Morgan fingerprint density at radius 1 is 1.19 bits per heavy atom. The number of rotatable bonds is 6. The molecular weight excluding hydrogens is 377 g/mol. The molecule has 0 saturated carbocycles. The standard InChI is InChI=1S/C19H19Cl2NO4/c1-3-22(10-13-4-6-17-18(8-13)25-11-24-17)19(23)12(2)26-16-7-5-14(20)9-15(16)21/h4-9,12H,3,10-11H2,1-2H3. The molecule has 0 saturated heterocycles. The van der Waals surface area contributed by atoms with Crippen LogP contribution in [0.3, 0.4) is 0 Å². The molecule has 0 aromatic heterocycles. The summed E-state index contributed by atoms with van der Waals surface area (Å²) in [5, 5.41) is 0.885. The smallest absolute Gasteiger partial charge is 0.263 e. The summed E-state index contributed by atoms with van der Waals surface area (Å²) in [6.07, 6.45) is -0.678. The number of hydrogen-bond acceptors (Lipinski definition) is 4. The Kier molecular flexibility index (Phi) is 5.79. The number of nitrogens with zero attached hydrogens (tertiary/aromatic N) is 1. The number of hydrogen-bond donors (Lipinski definition) is 0. The lowest BCUT2D eigenvalue weighted by atomic mass is 10.1. The maximum atomic E-state index is 12.8. The maximum absolute atomic E-state index is 12.8. The molecule has 5 nitrogen and oxygen atoms in total. The average Bonchev–Trinajstić information content (AvgIpc) is 3.09. The summed E-state index contributed by atoms with van der Waals surface area (Å²) in [4.78, 5) is 14.5. The largest absolute Gasteiger partial charge is 0.479 e. The lowest BCUT2D eigenvalue weighted by Crippen LogP contribution is -2.40. The van der Waals surface area contributed by atoms with Crippen molar-refractivity contribution < 1.29 is 19.0 Å². The second-order valence-corrected chi connectivity index (χ2v) is 6.72. The first kappa shape index (κ1) is 18.7. The molecule has 138 valence electrons. The highest BCUT2D eigenvalue weighted by Crippen LogP contribution is 2.33. The number of halogens is 2. The van der Waals surface area contributed by atoms with Crippen molar-refractivity contribution in [2.75, 3.05) is 13.3 Å². The molecule has 1 aliphatic rings. The Morgan fingerprint density at radius 2 is 1.96 bits per heavy atom. The molecule has 1 unspecified atom stereocenters. The summed E-state index contributed by atoms with van der Waals surface area (Å²) in [5.41, 5.74) is 0.959. The first-order chi connectivity index (χ1) is 12.5. The zero-order valence-electron chi connectivity index (χ0n) is 14.5. The molecule has 0 fully saturated rings. The number of carbonyl (C=O) groups excluding carboxylic acids is 1. The van der Waals surface area contributed by atoms with Crippen molar-refractivity contribution in [3.63, 3.8) is 0 Å². The van der Waals surface area contributed by atoms with Gasteiger partial charge in [0.05, 0.1) is 5.02 Å². The molecule has 2 aromatic carbocycles. The van der Waals surface area contributed by atoms with E-state index >= 15 is 0 Å². The zero-order valence-corrected chi connectivity index (χ0v) is 16.0. The van der Waals surface area contributed by atoms with Crippen LogP contribution in [0.2, 0.25) is 10.0 Å². The van der Waals surface area contributed by atoms with E-state index in [9.17, 15) is 4.79 Å². The SMILES string of the molecule is CCN(Cc1ccc2c(c1)OCO2)C(=O)C(C)Oc1ccc(Cl)cc1Cl. The topological polar surface area (TPSA) is 48.0 Å². The van der Waals surface area contributed by atoms with Crippen molar-refractivity contribution in [1.29, 1.82) is 0 Å². The van der Waals surface area contributed by atoms with E-state index in [0.717, 1.165) is 11.3 Å². The van der Waals surface area contributed by atoms with Gasteiger partial charge in [-0.05, 0) is 49.7 Å². The quantitative estimate of drug-likeness (QED) is 0.720. The predicted octanol–water partition coefficient (Wildman–Crippen LogP) is 4.54. The van der Waals surface area contributed by atoms with Gasteiger partial charge in [-0.25, -0.2) is 0 Å². The Morgan fingerprint density at radius 3 is 2.69 bits per heavy atom. The summed E-state index contributed by atoms with van der Waals surface area (Å²) >= 11 is 12.0. The predicted molar refractivity (Wildman–Crippen MR) is 100 cm³/mol. The fourth-order valence-corrected chi connectivity index (χ4v) is 3.13. The highest BCUT2D eigenvalue weighted by atomic mass is 35.5. The second kappa shape index (κ2) is 8.06.